The number of aryl methyl sites for hydroxylation is 1. The Hall–Kier alpha value is -4.13. The lowest BCUT2D eigenvalue weighted by atomic mass is 10.2. The topological polar surface area (TPSA) is 84.7 Å². The summed E-state index contributed by atoms with van der Waals surface area (Å²) in [6, 6.07) is 17.9. The van der Waals surface area contributed by atoms with Crippen molar-refractivity contribution in [1.82, 2.24) is 9.38 Å². The van der Waals surface area contributed by atoms with E-state index in [1.54, 1.807) is 48.5 Å². The molecule has 7 heteroatoms. The van der Waals surface area contributed by atoms with Crippen molar-refractivity contribution < 1.29 is 14.3 Å². The normalized spacial score (nSPS) is 10.6. The molecule has 2 N–H and O–H groups in total. The summed E-state index contributed by atoms with van der Waals surface area (Å²) in [5, 5.41) is 5.53. The third-order valence-corrected chi connectivity index (χ3v) is 4.67. The first-order valence-electron chi connectivity index (χ1n) is 9.83. The highest BCUT2D eigenvalue weighted by molar-refractivity contribution is 6.04. The molecule has 0 fully saturated rings. The third kappa shape index (κ3) is 4.90. The Bertz CT molecular complexity index is 1250. The van der Waals surface area contributed by atoms with Crippen molar-refractivity contribution in [2.75, 3.05) is 10.6 Å². The zero-order chi connectivity index (χ0) is 21.8. The van der Waals surface area contributed by atoms with E-state index in [1.165, 1.54) is 6.92 Å². The van der Waals surface area contributed by atoms with E-state index in [9.17, 15) is 9.59 Å². The molecule has 0 spiro atoms. The van der Waals surface area contributed by atoms with Crippen LogP contribution in [0.2, 0.25) is 0 Å². The number of hydrogen-bond donors (Lipinski definition) is 2. The number of imidazole rings is 1. The zero-order valence-electron chi connectivity index (χ0n) is 17.3. The van der Waals surface area contributed by atoms with E-state index in [0.29, 0.717) is 29.3 Å². The second kappa shape index (κ2) is 8.71. The van der Waals surface area contributed by atoms with E-state index in [-0.39, 0.29) is 11.8 Å². The summed E-state index contributed by atoms with van der Waals surface area (Å²) in [4.78, 5) is 28.3. The smallest absolute Gasteiger partial charge is 0.255 e. The van der Waals surface area contributed by atoms with Gasteiger partial charge in [0.25, 0.3) is 5.91 Å². The first kappa shape index (κ1) is 20.2. The van der Waals surface area contributed by atoms with Crippen molar-refractivity contribution in [3.05, 3.63) is 89.9 Å². The van der Waals surface area contributed by atoms with Crippen LogP contribution in [0.5, 0.6) is 5.75 Å². The second-order valence-corrected chi connectivity index (χ2v) is 7.18. The number of anilines is 2. The van der Waals surface area contributed by atoms with Gasteiger partial charge in [-0.05, 0) is 61.0 Å². The van der Waals surface area contributed by atoms with Gasteiger partial charge >= 0.3 is 0 Å². The van der Waals surface area contributed by atoms with Crippen LogP contribution in [0.3, 0.4) is 0 Å². The fourth-order valence-corrected chi connectivity index (χ4v) is 3.20. The summed E-state index contributed by atoms with van der Waals surface area (Å²) in [6.07, 6.45) is 3.88. The van der Waals surface area contributed by atoms with Crippen molar-refractivity contribution >= 4 is 28.8 Å². The molecule has 2 aromatic heterocycles. The van der Waals surface area contributed by atoms with Crippen molar-refractivity contribution in [3.63, 3.8) is 0 Å². The minimum absolute atomic E-state index is 0.146. The van der Waals surface area contributed by atoms with E-state index in [2.05, 4.69) is 15.6 Å². The Balaban J connectivity index is 1.40. The molecule has 0 aliphatic carbocycles. The number of amides is 2. The average Bonchev–Trinajstić information content (AvgIpc) is 3.18. The molecule has 156 valence electrons. The first-order valence-corrected chi connectivity index (χ1v) is 9.83. The van der Waals surface area contributed by atoms with Crippen LogP contribution >= 0.6 is 0 Å². The predicted molar refractivity (Wildman–Crippen MR) is 119 cm³/mol. The molecule has 0 unspecified atom stereocenters. The number of carbonyl (C=O) groups is 2. The Kier molecular flexibility index (Phi) is 5.66. The molecule has 2 amide bonds. The van der Waals surface area contributed by atoms with Gasteiger partial charge in [-0.2, -0.15) is 0 Å². The maximum absolute atomic E-state index is 12.6. The van der Waals surface area contributed by atoms with Crippen LogP contribution in [0.4, 0.5) is 11.4 Å². The molecule has 31 heavy (non-hydrogen) atoms. The lowest BCUT2D eigenvalue weighted by molar-refractivity contribution is -0.114. The number of nitrogens with one attached hydrogen (secondary N) is 2. The second-order valence-electron chi connectivity index (χ2n) is 7.18. The fourth-order valence-electron chi connectivity index (χ4n) is 3.20. The average molecular weight is 414 g/mol. The lowest BCUT2D eigenvalue weighted by Crippen LogP contribution is -2.12. The highest BCUT2D eigenvalue weighted by Crippen LogP contribution is 2.19. The largest absolute Gasteiger partial charge is 0.487 e. The molecule has 0 aliphatic rings. The maximum Gasteiger partial charge on any atom is 0.255 e. The van der Waals surface area contributed by atoms with Crippen LogP contribution < -0.4 is 15.4 Å². The molecule has 7 nitrogen and oxygen atoms in total. The number of rotatable bonds is 6. The Morgan fingerprint density at radius 2 is 1.74 bits per heavy atom. The Morgan fingerprint density at radius 1 is 1.00 bits per heavy atom. The van der Waals surface area contributed by atoms with Crippen LogP contribution in [0.1, 0.15) is 28.5 Å². The van der Waals surface area contributed by atoms with Gasteiger partial charge in [0.1, 0.15) is 18.0 Å². The lowest BCUT2D eigenvalue weighted by Gasteiger charge is -2.09. The third-order valence-electron chi connectivity index (χ3n) is 4.67. The molecular formula is C24H22N4O3. The van der Waals surface area contributed by atoms with Crippen LogP contribution in [0.25, 0.3) is 5.65 Å². The number of ether oxygens (including phenoxy) is 1. The van der Waals surface area contributed by atoms with Gasteiger partial charge in [0.05, 0.1) is 5.69 Å². The van der Waals surface area contributed by atoms with Crippen LogP contribution in [-0.2, 0) is 11.4 Å². The number of nitrogens with zero attached hydrogens (tertiary/aromatic N) is 2. The molecule has 2 aromatic carbocycles. The predicted octanol–water partition coefficient (Wildman–Crippen LogP) is 4.43. The highest BCUT2D eigenvalue weighted by Gasteiger charge is 2.09. The monoisotopic (exact) mass is 414 g/mol. The van der Waals surface area contributed by atoms with Crippen molar-refractivity contribution in [3.8, 4) is 5.75 Å². The molecule has 0 radical (unpaired) electrons. The molecule has 0 atom stereocenters. The summed E-state index contributed by atoms with van der Waals surface area (Å²) < 4.78 is 7.83. The van der Waals surface area contributed by atoms with Crippen molar-refractivity contribution in [1.29, 1.82) is 0 Å². The van der Waals surface area contributed by atoms with E-state index in [0.717, 1.165) is 16.9 Å². The van der Waals surface area contributed by atoms with Gasteiger partial charge in [-0.15, -0.1) is 0 Å². The van der Waals surface area contributed by atoms with E-state index >= 15 is 0 Å². The molecule has 2 heterocycles. The van der Waals surface area contributed by atoms with Crippen LogP contribution in [-0.4, -0.2) is 21.2 Å². The quantitative estimate of drug-likeness (QED) is 0.489. The SMILES string of the molecule is CC(=O)Nc1ccc(NC(=O)c2cccc(OCc3cn4cccc(C)c4n3)c2)cc1. The Morgan fingerprint density at radius 3 is 2.45 bits per heavy atom. The molecule has 0 saturated carbocycles. The number of benzene rings is 2. The van der Waals surface area contributed by atoms with Crippen molar-refractivity contribution in [2.45, 2.75) is 20.5 Å². The molecule has 4 aromatic rings. The zero-order valence-corrected chi connectivity index (χ0v) is 17.3. The van der Waals surface area contributed by atoms with Gasteiger partial charge in [0, 0.05) is 36.3 Å². The summed E-state index contributed by atoms with van der Waals surface area (Å²) in [5.41, 5.74) is 4.59. The summed E-state index contributed by atoms with van der Waals surface area (Å²) >= 11 is 0. The number of carbonyl (C=O) groups excluding carboxylic acids is 2. The number of aromatic nitrogens is 2. The molecule has 4 rings (SSSR count). The molecule has 0 bridgehead atoms. The number of hydrogen-bond acceptors (Lipinski definition) is 4. The minimum Gasteiger partial charge on any atom is -0.487 e. The van der Waals surface area contributed by atoms with Gasteiger partial charge in [-0.1, -0.05) is 12.1 Å². The van der Waals surface area contributed by atoms with Gasteiger partial charge in [-0.3, -0.25) is 9.59 Å². The van der Waals surface area contributed by atoms with Gasteiger partial charge in [0.15, 0.2) is 0 Å². The van der Waals surface area contributed by atoms with E-state index < -0.39 is 0 Å². The molecular weight excluding hydrogens is 392 g/mol. The van der Waals surface area contributed by atoms with Gasteiger partial charge in [0.2, 0.25) is 5.91 Å². The summed E-state index contributed by atoms with van der Waals surface area (Å²) in [6.45, 7) is 3.76. The maximum atomic E-state index is 12.6. The van der Waals surface area contributed by atoms with Gasteiger partial charge in [-0.25, -0.2) is 4.98 Å². The van der Waals surface area contributed by atoms with Gasteiger partial charge < -0.3 is 19.8 Å². The minimum atomic E-state index is -0.249. The highest BCUT2D eigenvalue weighted by atomic mass is 16.5. The standard InChI is InChI=1S/C24H22N4O3/c1-16-5-4-12-28-14-21(26-23(16)28)15-31-22-7-3-6-18(13-22)24(30)27-20-10-8-19(9-11-20)25-17(2)29/h3-14H,15H2,1-2H3,(H,25,29)(H,27,30). The fraction of sp³-hybridized carbons (Fsp3) is 0.125. The van der Waals surface area contributed by atoms with E-state index in [1.807, 2.05) is 35.9 Å². The number of fused-ring (bicyclic) bond motifs is 1. The first-order chi connectivity index (χ1) is 15.0. The molecule has 0 saturated heterocycles. The van der Waals surface area contributed by atoms with Crippen molar-refractivity contribution in [2.24, 2.45) is 0 Å². The van der Waals surface area contributed by atoms with Crippen LogP contribution in [0.15, 0.2) is 73.1 Å². The summed E-state index contributed by atoms with van der Waals surface area (Å²) in [7, 11) is 0. The summed E-state index contributed by atoms with van der Waals surface area (Å²) in [5.74, 6) is 0.191. The number of pyridine rings is 1. The van der Waals surface area contributed by atoms with Crippen LogP contribution in [0, 0.1) is 6.92 Å². The molecule has 0 aliphatic heterocycles. The van der Waals surface area contributed by atoms with E-state index in [4.69, 9.17) is 4.74 Å². The Labute approximate surface area is 179 Å².